The Labute approximate surface area is 202 Å². The molecule has 2 aromatic heterocycles. The Morgan fingerprint density at radius 2 is 1.49 bits per heavy atom. The maximum absolute atomic E-state index is 13.1. The lowest BCUT2D eigenvalue weighted by Gasteiger charge is -2.09. The predicted octanol–water partition coefficient (Wildman–Crippen LogP) is 4.70. The van der Waals surface area contributed by atoms with Gasteiger partial charge in [-0.05, 0) is 39.0 Å². The standard InChI is InChI=1S/C27H25N3O5/c1-4-34-27(33)25-18(3)28-17(2)24(25)23(31)16-35-26(32)22-15-21(19-11-7-5-8-12-19)29-30(22)20-13-9-6-10-14-20/h5-15,28H,4,16H2,1-3H3. The van der Waals surface area contributed by atoms with Gasteiger partial charge in [-0.1, -0.05) is 48.5 Å². The van der Waals surface area contributed by atoms with Gasteiger partial charge in [-0.2, -0.15) is 5.10 Å². The van der Waals surface area contributed by atoms with E-state index in [2.05, 4.69) is 10.1 Å². The van der Waals surface area contributed by atoms with Crippen LogP contribution >= 0.6 is 0 Å². The second-order valence-electron chi connectivity index (χ2n) is 7.87. The number of carbonyl (C=O) groups is 3. The largest absolute Gasteiger partial charge is 0.462 e. The molecule has 8 nitrogen and oxygen atoms in total. The molecule has 2 heterocycles. The van der Waals surface area contributed by atoms with Crippen LogP contribution in [0.15, 0.2) is 66.7 Å². The number of carbonyl (C=O) groups excluding carboxylic acids is 3. The number of hydrogen-bond acceptors (Lipinski definition) is 6. The normalized spacial score (nSPS) is 10.7. The van der Waals surface area contributed by atoms with Gasteiger partial charge in [-0.25, -0.2) is 14.3 Å². The molecule has 8 heteroatoms. The smallest absolute Gasteiger partial charge is 0.357 e. The average molecular weight is 472 g/mol. The maximum Gasteiger partial charge on any atom is 0.357 e. The van der Waals surface area contributed by atoms with Crippen LogP contribution in [0, 0.1) is 13.8 Å². The van der Waals surface area contributed by atoms with Crippen molar-refractivity contribution in [3.8, 4) is 16.9 Å². The lowest BCUT2D eigenvalue weighted by Crippen LogP contribution is -2.19. The number of ketones is 1. The van der Waals surface area contributed by atoms with Crippen molar-refractivity contribution in [3.05, 3.63) is 94.9 Å². The number of hydrogen-bond donors (Lipinski definition) is 1. The van der Waals surface area contributed by atoms with E-state index in [-0.39, 0.29) is 23.4 Å². The Morgan fingerprint density at radius 3 is 2.14 bits per heavy atom. The van der Waals surface area contributed by atoms with Gasteiger partial charge in [0.25, 0.3) is 0 Å². The van der Waals surface area contributed by atoms with Crippen molar-refractivity contribution in [2.75, 3.05) is 13.2 Å². The van der Waals surface area contributed by atoms with E-state index in [1.807, 2.05) is 60.7 Å². The highest BCUT2D eigenvalue weighted by Gasteiger charge is 2.27. The van der Waals surface area contributed by atoms with Crippen molar-refractivity contribution >= 4 is 17.7 Å². The van der Waals surface area contributed by atoms with Crippen molar-refractivity contribution in [1.29, 1.82) is 0 Å². The number of ether oxygens (including phenoxy) is 2. The number of rotatable bonds is 8. The molecular weight excluding hydrogens is 446 g/mol. The van der Waals surface area contributed by atoms with Crippen LogP contribution in [-0.4, -0.2) is 45.7 Å². The molecule has 0 amide bonds. The summed E-state index contributed by atoms with van der Waals surface area (Å²) in [5.41, 5.74) is 3.63. The minimum atomic E-state index is -0.709. The number of esters is 2. The van der Waals surface area contributed by atoms with Crippen molar-refractivity contribution in [2.24, 2.45) is 0 Å². The van der Waals surface area contributed by atoms with Crippen molar-refractivity contribution < 1.29 is 23.9 Å². The van der Waals surface area contributed by atoms with Crippen molar-refractivity contribution in [2.45, 2.75) is 20.8 Å². The van der Waals surface area contributed by atoms with E-state index in [9.17, 15) is 14.4 Å². The Balaban J connectivity index is 1.61. The Bertz CT molecular complexity index is 1370. The molecular formula is C27H25N3O5. The summed E-state index contributed by atoms with van der Waals surface area (Å²) in [6, 6.07) is 20.3. The van der Waals surface area contributed by atoms with Crippen LogP contribution in [0.25, 0.3) is 16.9 Å². The number of Topliss-reactive ketones (excluding diaryl/α,β-unsaturated/α-hetero) is 1. The molecule has 0 spiro atoms. The zero-order valence-electron chi connectivity index (χ0n) is 19.7. The molecule has 0 aliphatic rings. The molecule has 1 N–H and O–H groups in total. The number of aryl methyl sites for hydroxylation is 2. The summed E-state index contributed by atoms with van der Waals surface area (Å²) >= 11 is 0. The first kappa shape index (κ1) is 23.7. The first-order valence-electron chi connectivity index (χ1n) is 11.2. The van der Waals surface area contributed by atoms with Crippen LogP contribution in [0.3, 0.4) is 0 Å². The monoisotopic (exact) mass is 471 g/mol. The predicted molar refractivity (Wildman–Crippen MR) is 130 cm³/mol. The minimum Gasteiger partial charge on any atom is -0.462 e. The molecule has 0 unspecified atom stereocenters. The Hall–Kier alpha value is -4.46. The zero-order valence-corrected chi connectivity index (χ0v) is 19.7. The van der Waals surface area contributed by atoms with Crippen molar-refractivity contribution in [1.82, 2.24) is 14.8 Å². The summed E-state index contributed by atoms with van der Waals surface area (Å²) in [4.78, 5) is 41.5. The summed E-state index contributed by atoms with van der Waals surface area (Å²) in [6.45, 7) is 4.70. The maximum atomic E-state index is 13.1. The summed E-state index contributed by atoms with van der Waals surface area (Å²) in [6.07, 6.45) is 0. The van der Waals surface area contributed by atoms with Gasteiger partial charge in [0.1, 0.15) is 0 Å². The van der Waals surface area contributed by atoms with E-state index in [1.165, 1.54) is 4.68 Å². The Kier molecular flexibility index (Phi) is 6.91. The minimum absolute atomic E-state index is 0.158. The van der Waals surface area contributed by atoms with Crippen LogP contribution in [0.5, 0.6) is 0 Å². The summed E-state index contributed by atoms with van der Waals surface area (Å²) < 4.78 is 12.0. The lowest BCUT2D eigenvalue weighted by atomic mass is 10.1. The molecule has 35 heavy (non-hydrogen) atoms. The molecule has 0 aliphatic carbocycles. The molecule has 0 radical (unpaired) electrons. The topological polar surface area (TPSA) is 103 Å². The fourth-order valence-corrected chi connectivity index (χ4v) is 3.91. The SMILES string of the molecule is CCOC(=O)c1c(C)[nH]c(C)c1C(=O)COC(=O)c1cc(-c2ccccc2)nn1-c1ccccc1. The molecule has 4 rings (SSSR count). The molecule has 0 bridgehead atoms. The number of nitrogens with one attached hydrogen (secondary N) is 1. The molecule has 0 saturated heterocycles. The van der Waals surface area contributed by atoms with Crippen LogP contribution < -0.4 is 0 Å². The number of para-hydroxylation sites is 1. The van der Waals surface area contributed by atoms with Crippen molar-refractivity contribution in [3.63, 3.8) is 0 Å². The first-order valence-corrected chi connectivity index (χ1v) is 11.2. The third kappa shape index (κ3) is 4.91. The Morgan fingerprint density at radius 1 is 0.857 bits per heavy atom. The third-order valence-electron chi connectivity index (χ3n) is 5.46. The van der Waals surface area contributed by atoms with E-state index >= 15 is 0 Å². The third-order valence-corrected chi connectivity index (χ3v) is 5.46. The molecule has 0 saturated carbocycles. The molecule has 0 fully saturated rings. The number of aromatic amines is 1. The molecule has 178 valence electrons. The quantitative estimate of drug-likeness (QED) is 0.295. The molecule has 0 atom stereocenters. The second kappa shape index (κ2) is 10.2. The highest BCUT2D eigenvalue weighted by atomic mass is 16.5. The summed E-state index contributed by atoms with van der Waals surface area (Å²) in [7, 11) is 0. The van der Waals surface area contributed by atoms with E-state index in [0.717, 1.165) is 5.56 Å². The molecule has 4 aromatic rings. The number of H-pyrrole nitrogens is 1. The highest BCUT2D eigenvalue weighted by Crippen LogP contribution is 2.23. The summed E-state index contributed by atoms with van der Waals surface area (Å²) in [5, 5.41) is 4.60. The molecule has 2 aromatic carbocycles. The molecule has 0 aliphatic heterocycles. The fraction of sp³-hybridized carbons (Fsp3) is 0.185. The zero-order chi connectivity index (χ0) is 24.9. The second-order valence-corrected chi connectivity index (χ2v) is 7.87. The van der Waals surface area contributed by atoms with Gasteiger partial charge in [0.15, 0.2) is 12.3 Å². The van der Waals surface area contributed by atoms with Crippen LogP contribution in [-0.2, 0) is 9.47 Å². The summed E-state index contributed by atoms with van der Waals surface area (Å²) in [5.74, 6) is -1.81. The van der Waals surface area contributed by atoms with Gasteiger partial charge >= 0.3 is 11.9 Å². The van der Waals surface area contributed by atoms with Gasteiger partial charge in [0, 0.05) is 17.0 Å². The average Bonchev–Trinajstić information content (AvgIpc) is 3.44. The van der Waals surface area contributed by atoms with E-state index in [4.69, 9.17) is 9.47 Å². The van der Waals surface area contributed by atoms with E-state index in [1.54, 1.807) is 26.8 Å². The lowest BCUT2D eigenvalue weighted by molar-refractivity contribution is 0.0463. The van der Waals surface area contributed by atoms with Gasteiger partial charge in [0.2, 0.25) is 5.78 Å². The van der Waals surface area contributed by atoms with Gasteiger partial charge < -0.3 is 14.5 Å². The number of aromatic nitrogens is 3. The van der Waals surface area contributed by atoms with Crippen LogP contribution in [0.1, 0.15) is 49.5 Å². The van der Waals surface area contributed by atoms with Crippen LogP contribution in [0.4, 0.5) is 0 Å². The highest BCUT2D eigenvalue weighted by molar-refractivity contribution is 6.09. The van der Waals surface area contributed by atoms with Crippen LogP contribution in [0.2, 0.25) is 0 Å². The van der Waals surface area contributed by atoms with Gasteiger partial charge in [-0.15, -0.1) is 0 Å². The van der Waals surface area contributed by atoms with E-state index < -0.39 is 24.3 Å². The number of nitrogens with zero attached hydrogens (tertiary/aromatic N) is 2. The first-order chi connectivity index (χ1) is 16.9. The fourth-order valence-electron chi connectivity index (χ4n) is 3.91. The van der Waals surface area contributed by atoms with E-state index in [0.29, 0.717) is 22.8 Å². The van der Waals surface area contributed by atoms with Gasteiger partial charge in [0.05, 0.1) is 29.1 Å². The number of benzene rings is 2. The van der Waals surface area contributed by atoms with Gasteiger partial charge in [-0.3, -0.25) is 4.79 Å².